The first-order chi connectivity index (χ1) is 12.2. The third-order valence-corrected chi connectivity index (χ3v) is 5.49. The topological polar surface area (TPSA) is 67.2 Å². The highest BCUT2D eigenvalue weighted by Crippen LogP contribution is 2.18. The molecule has 1 atom stereocenters. The van der Waals surface area contributed by atoms with Gasteiger partial charge in [-0.1, -0.05) is 6.07 Å². The van der Waals surface area contributed by atoms with Gasteiger partial charge >= 0.3 is 0 Å². The van der Waals surface area contributed by atoms with Crippen LogP contribution in [-0.2, 0) is 9.53 Å². The van der Waals surface area contributed by atoms with Crippen molar-refractivity contribution in [1.82, 2.24) is 14.3 Å². The predicted octanol–water partition coefficient (Wildman–Crippen LogP) is 0.475. The highest BCUT2D eigenvalue weighted by molar-refractivity contribution is 7.99. The monoisotopic (exact) mass is 360 g/mol. The minimum atomic E-state index is -0.493. The van der Waals surface area contributed by atoms with Gasteiger partial charge in [0.05, 0.1) is 13.2 Å². The summed E-state index contributed by atoms with van der Waals surface area (Å²) in [4.78, 5) is 33.4. The van der Waals surface area contributed by atoms with Crippen molar-refractivity contribution in [3.63, 3.8) is 0 Å². The van der Waals surface area contributed by atoms with Gasteiger partial charge in [-0.15, -0.1) is 0 Å². The Kier molecular flexibility index (Phi) is 4.63. The average molecular weight is 360 g/mol. The number of carbonyl (C=O) groups excluding carboxylic acids is 1. The van der Waals surface area contributed by atoms with Crippen LogP contribution < -0.4 is 10.5 Å². The number of hydrogen-bond donors (Lipinski definition) is 0. The summed E-state index contributed by atoms with van der Waals surface area (Å²) in [5, 5.41) is 0. The van der Waals surface area contributed by atoms with Crippen LogP contribution in [0.2, 0.25) is 0 Å². The maximum Gasteiger partial charge on any atom is 0.259 e. The number of rotatable bonds is 2. The number of hydrogen-bond acceptors (Lipinski definition) is 6. The summed E-state index contributed by atoms with van der Waals surface area (Å²) >= 11 is 1.87. The Bertz CT molecular complexity index is 834. The number of ether oxygens (including phenoxy) is 1. The molecule has 2 aromatic rings. The average Bonchev–Trinajstić information content (AvgIpc) is 2.68. The normalized spacial score (nSPS) is 21.5. The molecule has 8 heteroatoms. The van der Waals surface area contributed by atoms with Crippen molar-refractivity contribution in [2.75, 3.05) is 49.2 Å². The Hall–Kier alpha value is -2.06. The summed E-state index contributed by atoms with van der Waals surface area (Å²) in [6.45, 7) is 3.06. The fraction of sp³-hybridized carbons (Fsp3) is 0.471. The zero-order valence-corrected chi connectivity index (χ0v) is 14.7. The third kappa shape index (κ3) is 3.36. The van der Waals surface area contributed by atoms with Crippen molar-refractivity contribution in [2.24, 2.45) is 0 Å². The van der Waals surface area contributed by atoms with Crippen LogP contribution in [0.3, 0.4) is 0 Å². The molecule has 25 heavy (non-hydrogen) atoms. The van der Waals surface area contributed by atoms with Gasteiger partial charge in [0.25, 0.3) is 11.5 Å². The Balaban J connectivity index is 1.55. The third-order valence-electron chi connectivity index (χ3n) is 4.55. The lowest BCUT2D eigenvalue weighted by Gasteiger charge is -2.36. The zero-order chi connectivity index (χ0) is 17.2. The van der Waals surface area contributed by atoms with E-state index in [1.54, 1.807) is 18.3 Å². The SMILES string of the molecule is O=C(C1CN(c2cc(=O)n3ccccc3n2)CCO1)N1CCSCC1. The van der Waals surface area contributed by atoms with E-state index >= 15 is 0 Å². The number of morpholine rings is 1. The molecule has 4 heterocycles. The summed E-state index contributed by atoms with van der Waals surface area (Å²) in [5.74, 6) is 2.60. The van der Waals surface area contributed by atoms with Crippen LogP contribution in [0.4, 0.5) is 5.82 Å². The number of anilines is 1. The summed E-state index contributed by atoms with van der Waals surface area (Å²) in [6, 6.07) is 6.98. The number of amides is 1. The molecule has 0 bridgehead atoms. The van der Waals surface area contributed by atoms with Gasteiger partial charge in [0.2, 0.25) is 0 Å². The minimum absolute atomic E-state index is 0.0440. The van der Waals surface area contributed by atoms with E-state index in [4.69, 9.17) is 4.74 Å². The second-order valence-electron chi connectivity index (χ2n) is 6.12. The molecule has 2 fully saturated rings. The molecule has 1 unspecified atom stereocenters. The molecular weight excluding hydrogens is 340 g/mol. The van der Waals surface area contributed by atoms with Crippen LogP contribution in [-0.4, -0.2) is 70.6 Å². The summed E-state index contributed by atoms with van der Waals surface area (Å²) < 4.78 is 7.22. The van der Waals surface area contributed by atoms with E-state index in [-0.39, 0.29) is 11.5 Å². The van der Waals surface area contributed by atoms with Crippen molar-refractivity contribution in [2.45, 2.75) is 6.10 Å². The first-order valence-corrected chi connectivity index (χ1v) is 9.59. The molecule has 0 spiro atoms. The first-order valence-electron chi connectivity index (χ1n) is 8.44. The van der Waals surface area contributed by atoms with Gasteiger partial charge in [-0.3, -0.25) is 14.0 Å². The highest BCUT2D eigenvalue weighted by atomic mass is 32.2. The summed E-state index contributed by atoms with van der Waals surface area (Å²) in [7, 11) is 0. The van der Waals surface area contributed by atoms with Gasteiger partial charge in [-0.25, -0.2) is 4.98 Å². The van der Waals surface area contributed by atoms with Crippen LogP contribution in [0.25, 0.3) is 5.65 Å². The molecule has 132 valence electrons. The molecule has 2 saturated heterocycles. The Morgan fingerprint density at radius 3 is 2.92 bits per heavy atom. The van der Waals surface area contributed by atoms with Crippen molar-refractivity contribution >= 4 is 29.1 Å². The van der Waals surface area contributed by atoms with Gasteiger partial charge in [0, 0.05) is 43.4 Å². The molecule has 2 aliphatic rings. The zero-order valence-electron chi connectivity index (χ0n) is 13.8. The van der Waals surface area contributed by atoms with Crippen LogP contribution in [0.15, 0.2) is 35.3 Å². The molecule has 1 amide bonds. The Morgan fingerprint density at radius 2 is 2.08 bits per heavy atom. The van der Waals surface area contributed by atoms with E-state index in [2.05, 4.69) is 4.98 Å². The maximum atomic E-state index is 12.7. The van der Waals surface area contributed by atoms with Crippen LogP contribution in [0.5, 0.6) is 0 Å². The van der Waals surface area contributed by atoms with E-state index < -0.39 is 6.10 Å². The summed E-state index contributed by atoms with van der Waals surface area (Å²) in [6.07, 6.45) is 1.21. The largest absolute Gasteiger partial charge is 0.365 e. The Morgan fingerprint density at radius 1 is 1.24 bits per heavy atom. The number of aromatic nitrogens is 2. The predicted molar refractivity (Wildman–Crippen MR) is 97.3 cm³/mol. The lowest BCUT2D eigenvalue weighted by Crippen LogP contribution is -2.53. The lowest BCUT2D eigenvalue weighted by atomic mass is 10.2. The fourth-order valence-corrected chi connectivity index (χ4v) is 4.10. The molecule has 0 aliphatic carbocycles. The van der Waals surface area contributed by atoms with Crippen molar-refractivity contribution in [1.29, 1.82) is 0 Å². The van der Waals surface area contributed by atoms with Gasteiger partial charge in [0.1, 0.15) is 11.5 Å². The van der Waals surface area contributed by atoms with Crippen LogP contribution >= 0.6 is 11.8 Å². The first kappa shape index (κ1) is 16.4. The lowest BCUT2D eigenvalue weighted by molar-refractivity contribution is -0.144. The second-order valence-corrected chi connectivity index (χ2v) is 7.35. The molecule has 0 aromatic carbocycles. The second kappa shape index (κ2) is 7.05. The molecule has 0 saturated carbocycles. The molecule has 0 radical (unpaired) electrons. The molecule has 7 nitrogen and oxygen atoms in total. The summed E-state index contributed by atoms with van der Waals surface area (Å²) in [5.41, 5.74) is 0.482. The van der Waals surface area contributed by atoms with E-state index in [1.807, 2.05) is 27.6 Å². The van der Waals surface area contributed by atoms with Gasteiger partial charge in [0.15, 0.2) is 6.10 Å². The van der Waals surface area contributed by atoms with Crippen LogP contribution in [0, 0.1) is 0 Å². The fourth-order valence-electron chi connectivity index (χ4n) is 3.20. The van der Waals surface area contributed by atoms with Gasteiger partial charge < -0.3 is 14.5 Å². The highest BCUT2D eigenvalue weighted by Gasteiger charge is 2.31. The molecule has 4 rings (SSSR count). The number of thioether (sulfide) groups is 1. The Labute approximate surface area is 149 Å². The van der Waals surface area contributed by atoms with Gasteiger partial charge in [-0.05, 0) is 12.1 Å². The van der Waals surface area contributed by atoms with E-state index in [0.29, 0.717) is 31.2 Å². The standard InChI is InChI=1S/C17H20N4O3S/c22-16-11-15(18-14-3-1-2-4-21(14)16)20-5-8-24-13(12-20)17(23)19-6-9-25-10-7-19/h1-4,11,13H,5-10,12H2. The molecule has 2 aliphatic heterocycles. The smallest absolute Gasteiger partial charge is 0.259 e. The van der Waals surface area contributed by atoms with Crippen molar-refractivity contribution < 1.29 is 9.53 Å². The quantitative estimate of drug-likeness (QED) is 0.776. The van der Waals surface area contributed by atoms with E-state index in [1.165, 1.54) is 10.5 Å². The van der Waals surface area contributed by atoms with Gasteiger partial charge in [-0.2, -0.15) is 11.8 Å². The van der Waals surface area contributed by atoms with Crippen LogP contribution in [0.1, 0.15) is 0 Å². The number of carbonyl (C=O) groups is 1. The maximum absolute atomic E-state index is 12.7. The molecule has 0 N–H and O–H groups in total. The number of pyridine rings is 1. The minimum Gasteiger partial charge on any atom is -0.365 e. The van der Waals surface area contributed by atoms with E-state index in [0.717, 1.165) is 24.6 Å². The van der Waals surface area contributed by atoms with Crippen molar-refractivity contribution in [3.05, 3.63) is 40.8 Å². The van der Waals surface area contributed by atoms with E-state index in [9.17, 15) is 9.59 Å². The molecular formula is C17H20N4O3S. The number of fused-ring (bicyclic) bond motifs is 1. The number of nitrogens with zero attached hydrogens (tertiary/aromatic N) is 4. The van der Waals surface area contributed by atoms with Crippen molar-refractivity contribution in [3.8, 4) is 0 Å². The molecule has 2 aromatic heterocycles.